The molecule has 1 fully saturated rings. The van der Waals surface area contributed by atoms with Gasteiger partial charge in [0, 0.05) is 13.5 Å². The van der Waals surface area contributed by atoms with Crippen molar-refractivity contribution in [2.75, 3.05) is 20.0 Å². The lowest BCUT2D eigenvalue weighted by Gasteiger charge is -2.01. The van der Waals surface area contributed by atoms with Crippen LogP contribution >= 0.6 is 0 Å². The fourth-order valence-corrected chi connectivity index (χ4v) is 0.683. The summed E-state index contributed by atoms with van der Waals surface area (Å²) < 4.78 is 9.89. The smallest absolute Gasteiger partial charge is 0.300 e. The molecule has 1 aliphatic heterocycles. The molecular formula is C7H14O5. The number of ether oxygens (including phenoxy) is 2. The van der Waals surface area contributed by atoms with Gasteiger partial charge < -0.3 is 19.7 Å². The van der Waals surface area contributed by atoms with E-state index in [2.05, 4.69) is 0 Å². The van der Waals surface area contributed by atoms with Crippen LogP contribution in [0.1, 0.15) is 13.3 Å². The van der Waals surface area contributed by atoms with E-state index < -0.39 is 5.97 Å². The third kappa shape index (κ3) is 7.46. The molecule has 1 rings (SSSR count). The van der Waals surface area contributed by atoms with Crippen molar-refractivity contribution < 1.29 is 24.5 Å². The van der Waals surface area contributed by atoms with Gasteiger partial charge in [-0.2, -0.15) is 0 Å². The van der Waals surface area contributed by atoms with Crippen LogP contribution in [0, 0.1) is 0 Å². The van der Waals surface area contributed by atoms with E-state index in [1.54, 1.807) is 0 Å². The van der Waals surface area contributed by atoms with Gasteiger partial charge in [-0.25, -0.2) is 0 Å². The van der Waals surface area contributed by atoms with Gasteiger partial charge in [-0.15, -0.1) is 0 Å². The number of hydrogen-bond acceptors (Lipinski definition) is 4. The quantitative estimate of drug-likeness (QED) is 0.614. The van der Waals surface area contributed by atoms with Crippen LogP contribution in [-0.4, -0.2) is 42.3 Å². The van der Waals surface area contributed by atoms with E-state index in [4.69, 9.17) is 24.5 Å². The minimum atomic E-state index is -0.833. The Morgan fingerprint density at radius 3 is 2.58 bits per heavy atom. The molecule has 0 spiro atoms. The molecule has 0 amide bonds. The lowest BCUT2D eigenvalue weighted by atomic mass is 10.3. The minimum Gasteiger partial charge on any atom is -0.481 e. The van der Waals surface area contributed by atoms with Gasteiger partial charge in [0.1, 0.15) is 6.79 Å². The maximum absolute atomic E-state index is 9.00. The fraction of sp³-hybridized carbons (Fsp3) is 0.857. The fourth-order valence-electron chi connectivity index (χ4n) is 0.683. The molecule has 0 aromatic heterocycles. The Labute approximate surface area is 70.9 Å². The summed E-state index contributed by atoms with van der Waals surface area (Å²) in [7, 11) is 0. The summed E-state index contributed by atoms with van der Waals surface area (Å²) >= 11 is 0. The molecule has 0 saturated carbocycles. The van der Waals surface area contributed by atoms with Crippen LogP contribution in [0.25, 0.3) is 0 Å². The molecule has 0 bridgehead atoms. The average molecular weight is 178 g/mol. The van der Waals surface area contributed by atoms with Crippen LogP contribution in [0.5, 0.6) is 0 Å². The number of carboxylic acids is 1. The first-order valence-corrected chi connectivity index (χ1v) is 3.66. The van der Waals surface area contributed by atoms with Crippen molar-refractivity contribution in [2.24, 2.45) is 0 Å². The highest BCUT2D eigenvalue weighted by atomic mass is 16.7. The van der Waals surface area contributed by atoms with Crippen LogP contribution in [0.15, 0.2) is 0 Å². The predicted molar refractivity (Wildman–Crippen MR) is 40.7 cm³/mol. The highest BCUT2D eigenvalue weighted by Crippen LogP contribution is 2.05. The highest BCUT2D eigenvalue weighted by molar-refractivity contribution is 5.62. The Bertz CT molecular complexity index is 115. The van der Waals surface area contributed by atoms with Crippen molar-refractivity contribution >= 4 is 5.97 Å². The standard InChI is InChI=1S/C5H10O3.C2H4O2/c6-2-1-5-3-7-4-8-5;1-2(3)4/h5-6H,1-4H2;1H3,(H,3,4). The molecule has 5 nitrogen and oxygen atoms in total. The van der Waals surface area contributed by atoms with Gasteiger partial charge >= 0.3 is 0 Å². The van der Waals surface area contributed by atoms with Crippen LogP contribution in [0.4, 0.5) is 0 Å². The second kappa shape index (κ2) is 7.02. The zero-order chi connectivity index (χ0) is 9.40. The molecule has 0 aromatic rings. The SMILES string of the molecule is CC(=O)O.OCCC1COCO1. The zero-order valence-corrected chi connectivity index (χ0v) is 7.02. The van der Waals surface area contributed by atoms with E-state index in [0.29, 0.717) is 19.8 Å². The topological polar surface area (TPSA) is 76.0 Å². The number of aliphatic hydroxyl groups excluding tert-OH is 1. The van der Waals surface area contributed by atoms with E-state index in [9.17, 15) is 0 Å². The number of carboxylic acid groups (broad SMARTS) is 1. The summed E-state index contributed by atoms with van der Waals surface area (Å²) in [5.41, 5.74) is 0. The normalized spacial score (nSPS) is 21.3. The first kappa shape index (κ1) is 11.4. The Balaban J connectivity index is 0.000000261. The van der Waals surface area contributed by atoms with Crippen molar-refractivity contribution in [3.05, 3.63) is 0 Å². The Morgan fingerprint density at radius 2 is 2.25 bits per heavy atom. The molecule has 0 aromatic carbocycles. The molecular weight excluding hydrogens is 164 g/mol. The highest BCUT2D eigenvalue weighted by Gasteiger charge is 2.13. The molecule has 1 atom stereocenters. The summed E-state index contributed by atoms with van der Waals surface area (Å²) in [6, 6.07) is 0. The number of hydrogen-bond donors (Lipinski definition) is 2. The van der Waals surface area contributed by atoms with Crippen LogP contribution in [-0.2, 0) is 14.3 Å². The second-order valence-electron chi connectivity index (χ2n) is 2.31. The summed E-state index contributed by atoms with van der Waals surface area (Å²) in [6.45, 7) is 2.30. The van der Waals surface area contributed by atoms with Gasteiger partial charge in [-0.3, -0.25) is 4.79 Å². The summed E-state index contributed by atoms with van der Waals surface area (Å²) in [4.78, 5) is 9.00. The Kier molecular flexibility index (Phi) is 6.64. The summed E-state index contributed by atoms with van der Waals surface area (Å²) in [5, 5.41) is 15.8. The second-order valence-corrected chi connectivity index (χ2v) is 2.31. The number of carbonyl (C=O) groups is 1. The van der Waals surface area contributed by atoms with Crippen molar-refractivity contribution in [3.8, 4) is 0 Å². The third-order valence-corrected chi connectivity index (χ3v) is 1.14. The molecule has 0 radical (unpaired) electrons. The monoisotopic (exact) mass is 178 g/mol. The van der Waals surface area contributed by atoms with Gasteiger partial charge in [-0.05, 0) is 6.42 Å². The Morgan fingerprint density at radius 1 is 1.67 bits per heavy atom. The molecule has 1 unspecified atom stereocenters. The molecule has 0 aliphatic carbocycles. The van der Waals surface area contributed by atoms with Gasteiger partial charge in [0.25, 0.3) is 5.97 Å². The van der Waals surface area contributed by atoms with Crippen molar-refractivity contribution in [1.29, 1.82) is 0 Å². The average Bonchev–Trinajstić information content (AvgIpc) is 2.39. The molecule has 12 heavy (non-hydrogen) atoms. The van der Waals surface area contributed by atoms with Crippen molar-refractivity contribution in [1.82, 2.24) is 0 Å². The molecule has 1 heterocycles. The first-order chi connectivity index (χ1) is 5.66. The maximum Gasteiger partial charge on any atom is 0.300 e. The van der Waals surface area contributed by atoms with E-state index in [1.807, 2.05) is 0 Å². The number of aliphatic hydroxyl groups is 1. The predicted octanol–water partition coefficient (Wildman–Crippen LogP) is -0.167. The van der Waals surface area contributed by atoms with Crippen LogP contribution in [0.2, 0.25) is 0 Å². The van der Waals surface area contributed by atoms with E-state index in [1.165, 1.54) is 0 Å². The minimum absolute atomic E-state index is 0.139. The largest absolute Gasteiger partial charge is 0.481 e. The van der Waals surface area contributed by atoms with Gasteiger partial charge in [-0.1, -0.05) is 0 Å². The van der Waals surface area contributed by atoms with Gasteiger partial charge in [0.2, 0.25) is 0 Å². The van der Waals surface area contributed by atoms with Gasteiger partial charge in [0.05, 0.1) is 12.7 Å². The summed E-state index contributed by atoms with van der Waals surface area (Å²) in [6.07, 6.45) is 0.833. The van der Waals surface area contributed by atoms with Crippen molar-refractivity contribution in [2.45, 2.75) is 19.4 Å². The lowest BCUT2D eigenvalue weighted by Crippen LogP contribution is -2.10. The molecule has 1 aliphatic rings. The van der Waals surface area contributed by atoms with Crippen LogP contribution in [0.3, 0.4) is 0 Å². The lowest BCUT2D eigenvalue weighted by molar-refractivity contribution is -0.134. The molecule has 5 heteroatoms. The first-order valence-electron chi connectivity index (χ1n) is 3.66. The van der Waals surface area contributed by atoms with E-state index >= 15 is 0 Å². The molecule has 2 N–H and O–H groups in total. The van der Waals surface area contributed by atoms with Gasteiger partial charge in [0.15, 0.2) is 0 Å². The Hall–Kier alpha value is -0.650. The summed E-state index contributed by atoms with van der Waals surface area (Å²) in [5.74, 6) is -0.833. The number of rotatable bonds is 2. The van der Waals surface area contributed by atoms with Crippen LogP contribution < -0.4 is 0 Å². The van der Waals surface area contributed by atoms with E-state index in [-0.39, 0.29) is 12.7 Å². The van der Waals surface area contributed by atoms with E-state index in [0.717, 1.165) is 6.92 Å². The zero-order valence-electron chi connectivity index (χ0n) is 7.02. The molecule has 72 valence electrons. The molecule has 1 saturated heterocycles. The van der Waals surface area contributed by atoms with Crippen molar-refractivity contribution in [3.63, 3.8) is 0 Å². The maximum atomic E-state index is 9.00. The third-order valence-electron chi connectivity index (χ3n) is 1.14. The number of aliphatic carboxylic acids is 1.